The van der Waals surface area contributed by atoms with Gasteiger partial charge in [-0.25, -0.2) is 9.59 Å². The Morgan fingerprint density at radius 1 is 1.26 bits per heavy atom. The van der Waals surface area contributed by atoms with Crippen LogP contribution in [0.5, 0.6) is 0 Å². The number of aryl methyl sites for hydroxylation is 1. The number of carbonyl (C=O) groups is 2. The number of amides is 1. The number of hydrogen-bond acceptors (Lipinski definition) is 6. The van der Waals surface area contributed by atoms with E-state index >= 15 is 0 Å². The van der Waals surface area contributed by atoms with E-state index in [9.17, 15) is 14.4 Å². The fourth-order valence-corrected chi connectivity index (χ4v) is 3.20. The van der Waals surface area contributed by atoms with Crippen LogP contribution in [-0.2, 0) is 4.74 Å². The fourth-order valence-electron chi connectivity index (χ4n) is 3.20. The maximum Gasteiger partial charge on any atom is 0.349 e. The molecule has 1 aliphatic heterocycles. The van der Waals surface area contributed by atoms with Crippen molar-refractivity contribution in [3.8, 4) is 0 Å². The number of nitrogens with one attached hydrogen (secondary N) is 2. The van der Waals surface area contributed by atoms with Gasteiger partial charge in [0.05, 0.1) is 12.7 Å². The third-order valence-electron chi connectivity index (χ3n) is 4.66. The number of esters is 1. The molecule has 1 aromatic carbocycles. The monoisotopic (exact) mass is 370 g/mol. The number of methoxy groups -OCH3 is 1. The Morgan fingerprint density at radius 3 is 2.59 bits per heavy atom. The number of ether oxygens (including phenoxy) is 1. The summed E-state index contributed by atoms with van der Waals surface area (Å²) in [6, 6.07) is 7.99. The van der Waals surface area contributed by atoms with Crippen molar-refractivity contribution in [2.24, 2.45) is 0 Å². The van der Waals surface area contributed by atoms with Crippen LogP contribution in [0.1, 0.15) is 50.8 Å². The van der Waals surface area contributed by atoms with Crippen LogP contribution in [0.2, 0.25) is 0 Å². The number of benzene rings is 1. The third-order valence-corrected chi connectivity index (χ3v) is 4.66. The minimum absolute atomic E-state index is 0.0143. The summed E-state index contributed by atoms with van der Waals surface area (Å²) in [5.41, 5.74) is 0.762. The minimum atomic E-state index is -0.640. The van der Waals surface area contributed by atoms with Crippen LogP contribution in [0.15, 0.2) is 39.5 Å². The molecule has 0 radical (unpaired) electrons. The molecule has 1 saturated heterocycles. The van der Waals surface area contributed by atoms with Gasteiger partial charge in [-0.1, -0.05) is 0 Å². The van der Waals surface area contributed by atoms with Gasteiger partial charge in [0.1, 0.15) is 11.3 Å². The largest absolute Gasteiger partial charge is 0.465 e. The molecule has 142 valence electrons. The van der Waals surface area contributed by atoms with Crippen molar-refractivity contribution >= 4 is 17.6 Å². The van der Waals surface area contributed by atoms with Crippen LogP contribution in [0.3, 0.4) is 0 Å². The molecule has 1 amide bonds. The Bertz CT molecular complexity index is 896. The van der Waals surface area contributed by atoms with Crippen molar-refractivity contribution in [1.29, 1.82) is 0 Å². The first-order valence-electron chi connectivity index (χ1n) is 8.84. The summed E-state index contributed by atoms with van der Waals surface area (Å²) in [4.78, 5) is 36.4. The average Bonchev–Trinajstić information content (AvgIpc) is 2.68. The predicted octanol–water partition coefficient (Wildman–Crippen LogP) is 2.45. The Balaban J connectivity index is 1.78. The maximum atomic E-state index is 12.5. The van der Waals surface area contributed by atoms with Crippen LogP contribution in [-0.4, -0.2) is 32.1 Å². The predicted molar refractivity (Wildman–Crippen MR) is 100 cm³/mol. The van der Waals surface area contributed by atoms with E-state index in [1.54, 1.807) is 25.1 Å². The van der Waals surface area contributed by atoms with Crippen LogP contribution >= 0.6 is 0 Å². The quantitative estimate of drug-likeness (QED) is 0.803. The lowest BCUT2D eigenvalue weighted by molar-refractivity contribution is 0.0600. The first-order chi connectivity index (χ1) is 13.0. The lowest BCUT2D eigenvalue weighted by atomic mass is 9.95. The molecule has 0 spiro atoms. The van der Waals surface area contributed by atoms with E-state index in [-0.39, 0.29) is 11.5 Å². The van der Waals surface area contributed by atoms with Crippen LogP contribution in [0.4, 0.5) is 5.69 Å². The van der Waals surface area contributed by atoms with Crippen LogP contribution < -0.4 is 16.3 Å². The second-order valence-corrected chi connectivity index (χ2v) is 6.56. The molecule has 2 N–H and O–H groups in total. The van der Waals surface area contributed by atoms with E-state index in [0.717, 1.165) is 25.9 Å². The van der Waals surface area contributed by atoms with Crippen LogP contribution in [0, 0.1) is 6.92 Å². The number of anilines is 1. The Kier molecular flexibility index (Phi) is 5.71. The van der Waals surface area contributed by atoms with Gasteiger partial charge in [0.2, 0.25) is 0 Å². The normalized spacial score (nSPS) is 16.6. The molecule has 2 aromatic rings. The molecule has 27 heavy (non-hydrogen) atoms. The van der Waals surface area contributed by atoms with Crippen LogP contribution in [0.25, 0.3) is 0 Å². The maximum absolute atomic E-state index is 12.5. The molecule has 2 heterocycles. The molecule has 7 heteroatoms. The van der Waals surface area contributed by atoms with E-state index in [0.29, 0.717) is 22.6 Å². The zero-order valence-corrected chi connectivity index (χ0v) is 15.3. The molecule has 1 aliphatic rings. The summed E-state index contributed by atoms with van der Waals surface area (Å²) in [6.45, 7) is 3.46. The van der Waals surface area contributed by atoms with Gasteiger partial charge in [-0.15, -0.1) is 0 Å². The van der Waals surface area contributed by atoms with Crippen molar-refractivity contribution in [2.45, 2.75) is 25.7 Å². The average molecular weight is 370 g/mol. The molecule has 1 fully saturated rings. The zero-order chi connectivity index (χ0) is 19.4. The van der Waals surface area contributed by atoms with E-state index in [1.807, 2.05) is 0 Å². The van der Waals surface area contributed by atoms with Gasteiger partial charge in [-0.2, -0.15) is 0 Å². The lowest BCUT2D eigenvalue weighted by Crippen LogP contribution is -2.30. The van der Waals surface area contributed by atoms with E-state index in [2.05, 4.69) is 15.4 Å². The minimum Gasteiger partial charge on any atom is -0.465 e. The molecule has 3 rings (SSSR count). The van der Waals surface area contributed by atoms with Gasteiger partial charge >= 0.3 is 11.6 Å². The Labute approximate surface area is 156 Å². The molecule has 0 saturated carbocycles. The molecule has 1 aromatic heterocycles. The van der Waals surface area contributed by atoms with Crippen molar-refractivity contribution in [1.82, 2.24) is 5.32 Å². The Hall–Kier alpha value is -2.93. The fraction of sp³-hybridized carbons (Fsp3) is 0.350. The van der Waals surface area contributed by atoms with Gasteiger partial charge in [-0.05, 0) is 62.2 Å². The topological polar surface area (TPSA) is 97.6 Å². The summed E-state index contributed by atoms with van der Waals surface area (Å²) >= 11 is 0. The van der Waals surface area contributed by atoms with Crippen molar-refractivity contribution in [3.63, 3.8) is 0 Å². The molecule has 7 nitrogen and oxygen atoms in total. The molecular weight excluding hydrogens is 348 g/mol. The standard InChI is InChI=1S/C20H22N2O5/c1-12-10-16(14-4-3-9-21-11-14)27-20(25)17(12)18(23)22-15-7-5-13(6-8-15)19(24)26-2/h5-8,10,14,21H,3-4,9,11H2,1-2H3,(H,22,23). The van der Waals surface area contributed by atoms with Gasteiger partial charge in [0, 0.05) is 18.2 Å². The van der Waals surface area contributed by atoms with E-state index in [1.165, 1.54) is 19.2 Å². The highest BCUT2D eigenvalue weighted by atomic mass is 16.5. The third kappa shape index (κ3) is 4.25. The molecule has 0 bridgehead atoms. The van der Waals surface area contributed by atoms with Gasteiger partial charge in [0.15, 0.2) is 0 Å². The summed E-state index contributed by atoms with van der Waals surface area (Å²) in [7, 11) is 1.30. The summed E-state index contributed by atoms with van der Waals surface area (Å²) < 4.78 is 10.1. The summed E-state index contributed by atoms with van der Waals surface area (Å²) in [6.07, 6.45) is 1.98. The SMILES string of the molecule is COC(=O)c1ccc(NC(=O)c2c(C)cc(C3CCCNC3)oc2=O)cc1. The Morgan fingerprint density at radius 2 is 2.00 bits per heavy atom. The van der Waals surface area contributed by atoms with Gasteiger partial charge in [0.25, 0.3) is 5.91 Å². The van der Waals surface area contributed by atoms with Gasteiger partial charge < -0.3 is 19.8 Å². The lowest BCUT2D eigenvalue weighted by Gasteiger charge is -2.22. The summed E-state index contributed by atoms with van der Waals surface area (Å²) in [5.74, 6) is -0.241. The summed E-state index contributed by atoms with van der Waals surface area (Å²) in [5, 5.41) is 5.94. The van der Waals surface area contributed by atoms with Crippen molar-refractivity contribution in [3.05, 3.63) is 63.2 Å². The number of carbonyl (C=O) groups excluding carboxylic acids is 2. The second-order valence-electron chi connectivity index (χ2n) is 6.56. The second kappa shape index (κ2) is 8.18. The number of piperidine rings is 1. The zero-order valence-electron chi connectivity index (χ0n) is 15.3. The van der Waals surface area contributed by atoms with Crippen molar-refractivity contribution in [2.75, 3.05) is 25.5 Å². The first-order valence-corrected chi connectivity index (χ1v) is 8.84. The van der Waals surface area contributed by atoms with Gasteiger partial charge in [-0.3, -0.25) is 4.79 Å². The number of rotatable bonds is 4. The van der Waals surface area contributed by atoms with E-state index < -0.39 is 17.5 Å². The smallest absolute Gasteiger partial charge is 0.349 e. The van der Waals surface area contributed by atoms with Crippen molar-refractivity contribution < 1.29 is 18.7 Å². The molecule has 1 unspecified atom stereocenters. The first kappa shape index (κ1) is 18.8. The molecule has 0 aliphatic carbocycles. The molecule has 1 atom stereocenters. The molecular formula is C20H22N2O5. The highest BCUT2D eigenvalue weighted by molar-refractivity contribution is 6.05. The highest BCUT2D eigenvalue weighted by Crippen LogP contribution is 2.24. The number of hydrogen-bond donors (Lipinski definition) is 2. The highest BCUT2D eigenvalue weighted by Gasteiger charge is 2.22. The van der Waals surface area contributed by atoms with E-state index in [4.69, 9.17) is 4.42 Å².